The molecule has 1 fully saturated rings. The van der Waals surface area contributed by atoms with Crippen LogP contribution < -0.4 is 0 Å². The lowest BCUT2D eigenvalue weighted by molar-refractivity contribution is 0.387. The van der Waals surface area contributed by atoms with Crippen molar-refractivity contribution in [3.05, 3.63) is 6.92 Å². The SMILES string of the molecule is [CH2]CCCCCCCCCCCCCCCC1CO1. The second-order valence-corrected chi connectivity index (χ2v) is 6.19. The van der Waals surface area contributed by atoms with Gasteiger partial charge < -0.3 is 4.74 Å². The zero-order valence-electron chi connectivity index (χ0n) is 13.0. The first kappa shape index (κ1) is 17.0. The van der Waals surface area contributed by atoms with Crippen LogP contribution in [0.15, 0.2) is 0 Å². The minimum atomic E-state index is 0.647. The van der Waals surface area contributed by atoms with Crippen molar-refractivity contribution in [2.45, 2.75) is 102 Å². The Bertz CT molecular complexity index is 175. The third kappa shape index (κ3) is 12.7. The summed E-state index contributed by atoms with van der Waals surface area (Å²) >= 11 is 0. The van der Waals surface area contributed by atoms with Gasteiger partial charge in [-0.15, -0.1) is 0 Å². The van der Waals surface area contributed by atoms with E-state index in [1.807, 2.05) is 0 Å². The van der Waals surface area contributed by atoms with Crippen molar-refractivity contribution in [3.63, 3.8) is 0 Å². The van der Waals surface area contributed by atoms with Gasteiger partial charge in [0.05, 0.1) is 12.7 Å². The van der Waals surface area contributed by atoms with Crippen LogP contribution in [-0.4, -0.2) is 12.7 Å². The van der Waals surface area contributed by atoms with E-state index in [0.29, 0.717) is 6.10 Å². The molecule has 0 aliphatic carbocycles. The Kier molecular flexibility index (Phi) is 11.6. The summed E-state index contributed by atoms with van der Waals surface area (Å²) in [7, 11) is 0. The van der Waals surface area contributed by atoms with Crippen molar-refractivity contribution >= 4 is 0 Å². The quantitative estimate of drug-likeness (QED) is 0.259. The molecule has 0 amide bonds. The van der Waals surface area contributed by atoms with E-state index >= 15 is 0 Å². The van der Waals surface area contributed by atoms with Crippen LogP contribution in [-0.2, 0) is 4.74 Å². The second-order valence-electron chi connectivity index (χ2n) is 6.19. The van der Waals surface area contributed by atoms with Gasteiger partial charge in [-0.25, -0.2) is 0 Å². The molecule has 19 heavy (non-hydrogen) atoms. The highest BCUT2D eigenvalue weighted by atomic mass is 16.6. The highest BCUT2D eigenvalue weighted by Gasteiger charge is 2.20. The number of ether oxygens (including phenoxy) is 1. The molecule has 0 aromatic heterocycles. The van der Waals surface area contributed by atoms with E-state index in [2.05, 4.69) is 6.92 Å². The van der Waals surface area contributed by atoms with Gasteiger partial charge in [0.15, 0.2) is 0 Å². The fourth-order valence-corrected chi connectivity index (χ4v) is 2.73. The zero-order chi connectivity index (χ0) is 13.6. The van der Waals surface area contributed by atoms with E-state index in [1.54, 1.807) is 0 Å². The van der Waals surface area contributed by atoms with Gasteiger partial charge in [-0.2, -0.15) is 0 Å². The summed E-state index contributed by atoms with van der Waals surface area (Å²) in [6.45, 7) is 4.92. The molecule has 1 aliphatic rings. The molecule has 1 unspecified atom stereocenters. The Hall–Kier alpha value is -0.0400. The van der Waals surface area contributed by atoms with E-state index in [9.17, 15) is 0 Å². The van der Waals surface area contributed by atoms with Gasteiger partial charge in [-0.05, 0) is 6.42 Å². The minimum Gasteiger partial charge on any atom is -0.373 e. The lowest BCUT2D eigenvalue weighted by atomic mass is 10.0. The summed E-state index contributed by atoms with van der Waals surface area (Å²) in [6.07, 6.45) is 21.7. The van der Waals surface area contributed by atoms with E-state index in [0.717, 1.165) is 13.0 Å². The Labute approximate surface area is 121 Å². The molecule has 1 rings (SSSR count). The Morgan fingerprint density at radius 1 is 0.632 bits per heavy atom. The third-order valence-corrected chi connectivity index (χ3v) is 4.18. The van der Waals surface area contributed by atoms with Crippen molar-refractivity contribution in [2.75, 3.05) is 6.61 Å². The first-order valence-corrected chi connectivity index (χ1v) is 8.84. The lowest BCUT2D eigenvalue weighted by Gasteiger charge is -2.03. The summed E-state index contributed by atoms with van der Waals surface area (Å²) in [5.41, 5.74) is 0. The molecule has 1 atom stereocenters. The number of rotatable bonds is 15. The molecule has 1 heteroatoms. The van der Waals surface area contributed by atoms with Gasteiger partial charge in [0.2, 0.25) is 0 Å². The number of unbranched alkanes of at least 4 members (excludes halogenated alkanes) is 13. The van der Waals surface area contributed by atoms with Crippen molar-refractivity contribution in [1.82, 2.24) is 0 Å². The largest absolute Gasteiger partial charge is 0.373 e. The molecule has 0 aromatic carbocycles. The molecule has 0 saturated carbocycles. The number of hydrogen-bond acceptors (Lipinski definition) is 1. The predicted molar refractivity (Wildman–Crippen MR) is 84.4 cm³/mol. The van der Waals surface area contributed by atoms with Crippen molar-refractivity contribution in [1.29, 1.82) is 0 Å². The highest BCUT2D eigenvalue weighted by molar-refractivity contribution is 4.68. The Morgan fingerprint density at radius 2 is 1.00 bits per heavy atom. The predicted octanol–water partition coefficient (Wildman–Crippen LogP) is 6.07. The zero-order valence-corrected chi connectivity index (χ0v) is 13.0. The third-order valence-electron chi connectivity index (χ3n) is 4.18. The van der Waals surface area contributed by atoms with Gasteiger partial charge >= 0.3 is 0 Å². The van der Waals surface area contributed by atoms with Crippen LogP contribution in [0.2, 0.25) is 0 Å². The van der Waals surface area contributed by atoms with E-state index < -0.39 is 0 Å². The van der Waals surface area contributed by atoms with Gasteiger partial charge in [0.1, 0.15) is 0 Å². The van der Waals surface area contributed by atoms with E-state index in [4.69, 9.17) is 4.74 Å². The smallest absolute Gasteiger partial charge is 0.0810 e. The molecule has 0 N–H and O–H groups in total. The topological polar surface area (TPSA) is 12.5 Å². The molecule has 113 valence electrons. The lowest BCUT2D eigenvalue weighted by Crippen LogP contribution is -1.86. The van der Waals surface area contributed by atoms with Crippen LogP contribution in [0, 0.1) is 6.92 Å². The fourth-order valence-electron chi connectivity index (χ4n) is 2.73. The van der Waals surface area contributed by atoms with E-state index in [1.165, 1.54) is 89.9 Å². The minimum absolute atomic E-state index is 0.647. The van der Waals surface area contributed by atoms with Crippen LogP contribution in [0.4, 0.5) is 0 Å². The molecule has 1 nitrogen and oxygen atoms in total. The molecule has 1 aliphatic heterocycles. The normalized spacial score (nSPS) is 17.8. The number of epoxide rings is 1. The molecule has 0 bridgehead atoms. The van der Waals surface area contributed by atoms with Crippen LogP contribution >= 0.6 is 0 Å². The van der Waals surface area contributed by atoms with Gasteiger partial charge in [0, 0.05) is 0 Å². The highest BCUT2D eigenvalue weighted by Crippen LogP contribution is 2.18. The Balaban J connectivity index is 1.60. The maximum atomic E-state index is 5.22. The van der Waals surface area contributed by atoms with Crippen molar-refractivity contribution in [3.8, 4) is 0 Å². The monoisotopic (exact) mass is 267 g/mol. The van der Waals surface area contributed by atoms with Crippen LogP contribution in [0.3, 0.4) is 0 Å². The Morgan fingerprint density at radius 3 is 1.37 bits per heavy atom. The average molecular weight is 267 g/mol. The summed E-state index contributed by atoms with van der Waals surface area (Å²) in [4.78, 5) is 0. The van der Waals surface area contributed by atoms with Crippen LogP contribution in [0.25, 0.3) is 0 Å². The fraction of sp³-hybridized carbons (Fsp3) is 0.944. The first-order valence-electron chi connectivity index (χ1n) is 8.84. The summed E-state index contributed by atoms with van der Waals surface area (Å²) in [5.74, 6) is 0. The van der Waals surface area contributed by atoms with Crippen molar-refractivity contribution in [2.24, 2.45) is 0 Å². The molecular weight excluding hydrogens is 232 g/mol. The molecule has 1 heterocycles. The van der Waals surface area contributed by atoms with Crippen molar-refractivity contribution < 1.29 is 4.74 Å². The molecular formula is C18H35O. The standard InChI is InChI=1S/C18H35O/c1-2-3-4-5-6-7-8-9-10-11-12-13-14-15-16-18-17-19-18/h18H,1-17H2. The van der Waals surface area contributed by atoms with Gasteiger partial charge in [0.25, 0.3) is 0 Å². The maximum Gasteiger partial charge on any atom is 0.0810 e. The van der Waals surface area contributed by atoms with Gasteiger partial charge in [-0.1, -0.05) is 96.8 Å². The molecule has 0 spiro atoms. The first-order chi connectivity index (χ1) is 9.43. The van der Waals surface area contributed by atoms with Gasteiger partial charge in [-0.3, -0.25) is 0 Å². The molecule has 0 aromatic rings. The van der Waals surface area contributed by atoms with Crippen LogP contribution in [0.5, 0.6) is 0 Å². The average Bonchev–Trinajstić information content (AvgIpc) is 3.23. The summed E-state index contributed by atoms with van der Waals surface area (Å²) in [5, 5.41) is 0. The maximum absolute atomic E-state index is 5.22. The summed E-state index contributed by atoms with van der Waals surface area (Å²) in [6, 6.07) is 0. The van der Waals surface area contributed by atoms with Crippen LogP contribution in [0.1, 0.15) is 96.3 Å². The number of hydrogen-bond donors (Lipinski definition) is 0. The molecule has 1 saturated heterocycles. The summed E-state index contributed by atoms with van der Waals surface area (Å²) < 4.78 is 5.22. The second kappa shape index (κ2) is 13.0. The van der Waals surface area contributed by atoms with E-state index in [-0.39, 0.29) is 0 Å². The molecule has 1 radical (unpaired) electrons.